The minimum Gasteiger partial charge on any atom is -0.461 e. The van der Waals surface area contributed by atoms with Gasteiger partial charge in [-0.15, -0.1) is 0 Å². The Bertz CT molecular complexity index is 1640. The number of guanidine groups is 1. The lowest BCUT2D eigenvalue weighted by Crippen LogP contribution is -2.42. The summed E-state index contributed by atoms with van der Waals surface area (Å²) in [7, 11) is 0. The van der Waals surface area contributed by atoms with Crippen molar-refractivity contribution in [1.82, 2.24) is 0 Å². The SMILES string of the molecule is CCCCC1C(=O)OC(C(C)C(O)CCCN=C(N)N)C(C)/C=C(\C)CCCCC(O)CC(O)CC(O)CC(O)CC(O)C(O[C@H]2O[C@H](CO)[C@@H](O)[C@H]2O)/C=C(\C)C(O)CCCC(O)CCCC(O)CCC(C)C1O. The number of carbonyl (C=O) groups excluding carboxylic acids is 1. The number of unbranched alkanes of at least 4 members (excludes halogenated alkanes) is 1. The molecular weight excluding hydrogens is 975 g/mol. The molecule has 440 valence electrons. The van der Waals surface area contributed by atoms with Crippen LogP contribution in [0.4, 0.5) is 0 Å². The topological polar surface area (TPSA) is 372 Å². The normalized spacial score (nSPS) is 38.7. The molecule has 2 rings (SSSR count). The minimum absolute atomic E-state index is 0.0266. The Morgan fingerprint density at radius 3 is 1.92 bits per heavy atom. The highest BCUT2D eigenvalue weighted by atomic mass is 16.7. The number of ether oxygens (including phenoxy) is 3. The summed E-state index contributed by atoms with van der Waals surface area (Å²) < 4.78 is 17.7. The van der Waals surface area contributed by atoms with Crippen LogP contribution in [0.1, 0.15) is 176 Å². The van der Waals surface area contributed by atoms with Gasteiger partial charge in [-0.1, -0.05) is 64.7 Å². The lowest BCUT2D eigenvalue weighted by molar-refractivity contribution is -0.202. The fourth-order valence-electron chi connectivity index (χ4n) is 10.3. The number of hydrogen-bond donors (Lipinski definition) is 15. The van der Waals surface area contributed by atoms with Gasteiger partial charge >= 0.3 is 5.97 Å². The molecular formula is C55H103N3O17. The van der Waals surface area contributed by atoms with Crippen LogP contribution in [0.25, 0.3) is 0 Å². The van der Waals surface area contributed by atoms with Crippen LogP contribution in [0, 0.1) is 23.7 Å². The number of carbonyl (C=O) groups is 1. The molecule has 16 unspecified atom stereocenters. The molecule has 2 aliphatic heterocycles. The van der Waals surface area contributed by atoms with Gasteiger partial charge in [0.15, 0.2) is 12.2 Å². The number of aliphatic hydroxyl groups excluding tert-OH is 13. The predicted molar refractivity (Wildman–Crippen MR) is 284 cm³/mol. The van der Waals surface area contributed by atoms with Crippen molar-refractivity contribution in [2.45, 2.75) is 274 Å². The Balaban J connectivity index is 2.34. The third-order valence-corrected chi connectivity index (χ3v) is 15.2. The fourth-order valence-corrected chi connectivity index (χ4v) is 10.3. The quantitative estimate of drug-likeness (QED) is 0.0438. The largest absolute Gasteiger partial charge is 0.461 e. The van der Waals surface area contributed by atoms with Gasteiger partial charge in [-0.3, -0.25) is 9.79 Å². The summed E-state index contributed by atoms with van der Waals surface area (Å²) in [4.78, 5) is 18.2. The number of aliphatic imine (C=N–C) groups is 1. The van der Waals surface area contributed by atoms with Gasteiger partial charge in [-0.2, -0.15) is 0 Å². The summed E-state index contributed by atoms with van der Waals surface area (Å²) in [5.74, 6) is -2.64. The molecule has 0 amide bonds. The van der Waals surface area contributed by atoms with E-state index in [1.807, 2.05) is 40.7 Å². The van der Waals surface area contributed by atoms with Crippen molar-refractivity contribution >= 4 is 11.9 Å². The van der Waals surface area contributed by atoms with Crippen molar-refractivity contribution in [3.05, 3.63) is 23.3 Å². The van der Waals surface area contributed by atoms with Crippen molar-refractivity contribution in [1.29, 1.82) is 0 Å². The van der Waals surface area contributed by atoms with Gasteiger partial charge in [0, 0.05) is 24.8 Å². The Morgan fingerprint density at radius 1 is 0.733 bits per heavy atom. The predicted octanol–water partition coefficient (Wildman–Crippen LogP) is 2.25. The van der Waals surface area contributed by atoms with Crippen LogP contribution in [-0.4, -0.2) is 189 Å². The molecule has 20 heteroatoms. The molecule has 0 aromatic heterocycles. The Labute approximate surface area is 446 Å². The van der Waals surface area contributed by atoms with Crippen LogP contribution in [0.15, 0.2) is 28.3 Å². The summed E-state index contributed by atoms with van der Waals surface area (Å²) in [6.45, 7) is 10.9. The summed E-state index contributed by atoms with van der Waals surface area (Å²) in [5, 5.41) is 141. The van der Waals surface area contributed by atoms with E-state index in [4.69, 9.17) is 25.7 Å². The van der Waals surface area contributed by atoms with Crippen molar-refractivity contribution in [2.24, 2.45) is 40.1 Å². The second-order valence-corrected chi connectivity index (χ2v) is 22.2. The van der Waals surface area contributed by atoms with Gasteiger partial charge in [0.2, 0.25) is 0 Å². The molecule has 0 bridgehead atoms. The minimum atomic E-state index is -1.59. The Kier molecular flexibility index (Phi) is 33.7. The number of hydrogen-bond acceptors (Lipinski definition) is 18. The maximum atomic E-state index is 14.2. The molecule has 0 aliphatic carbocycles. The van der Waals surface area contributed by atoms with E-state index >= 15 is 0 Å². The highest BCUT2D eigenvalue weighted by molar-refractivity contribution is 5.75. The summed E-state index contributed by atoms with van der Waals surface area (Å²) in [5.41, 5.74) is 12.4. The van der Waals surface area contributed by atoms with E-state index in [1.54, 1.807) is 6.92 Å². The first-order chi connectivity index (χ1) is 35.4. The lowest BCUT2D eigenvalue weighted by Gasteiger charge is -2.34. The zero-order valence-corrected chi connectivity index (χ0v) is 46.0. The number of esters is 1. The van der Waals surface area contributed by atoms with E-state index in [9.17, 15) is 71.2 Å². The molecule has 20 nitrogen and oxygen atoms in total. The van der Waals surface area contributed by atoms with Crippen molar-refractivity contribution in [3.63, 3.8) is 0 Å². The molecule has 0 aromatic rings. The number of cyclic esters (lactones) is 1. The van der Waals surface area contributed by atoms with Gasteiger partial charge in [0.1, 0.15) is 30.5 Å². The number of allylic oxidation sites excluding steroid dienone is 1. The van der Waals surface area contributed by atoms with E-state index in [-0.39, 0.29) is 49.9 Å². The highest BCUT2D eigenvalue weighted by Crippen LogP contribution is 2.32. The third kappa shape index (κ3) is 26.4. The van der Waals surface area contributed by atoms with Crippen LogP contribution >= 0.6 is 0 Å². The van der Waals surface area contributed by atoms with Gasteiger partial charge in [0.05, 0.1) is 73.6 Å². The number of nitrogens with zero attached hydrogens (tertiary/aromatic N) is 1. The summed E-state index contributed by atoms with van der Waals surface area (Å²) in [6, 6.07) is 0. The lowest BCUT2D eigenvalue weighted by atomic mass is 9.84. The number of aliphatic hydroxyl groups is 13. The van der Waals surface area contributed by atoms with Crippen molar-refractivity contribution < 1.29 is 85.4 Å². The van der Waals surface area contributed by atoms with Crippen molar-refractivity contribution in [2.75, 3.05) is 13.2 Å². The Hall–Kier alpha value is -2.38. The average Bonchev–Trinajstić information content (AvgIpc) is 3.61. The Morgan fingerprint density at radius 2 is 1.32 bits per heavy atom. The van der Waals surface area contributed by atoms with E-state index in [0.717, 1.165) is 12.0 Å². The first-order valence-electron chi connectivity index (χ1n) is 28.1. The van der Waals surface area contributed by atoms with Crippen LogP contribution in [0.5, 0.6) is 0 Å². The first kappa shape index (κ1) is 68.7. The average molecular weight is 1080 g/mol. The molecule has 2 aliphatic rings. The van der Waals surface area contributed by atoms with Gasteiger partial charge in [0.25, 0.3) is 0 Å². The summed E-state index contributed by atoms with van der Waals surface area (Å²) >= 11 is 0. The molecule has 0 aromatic carbocycles. The van der Waals surface area contributed by atoms with E-state index in [2.05, 4.69) is 4.99 Å². The maximum absolute atomic E-state index is 14.2. The van der Waals surface area contributed by atoms with Gasteiger partial charge in [-0.05, 0) is 134 Å². The third-order valence-electron chi connectivity index (χ3n) is 15.2. The molecule has 2 heterocycles. The summed E-state index contributed by atoms with van der Waals surface area (Å²) in [6.07, 6.45) is -7.42. The van der Waals surface area contributed by atoms with Gasteiger partial charge in [-0.25, -0.2) is 0 Å². The monoisotopic (exact) mass is 1080 g/mol. The molecule has 0 spiro atoms. The molecule has 20 atom stereocenters. The molecule has 17 N–H and O–H groups in total. The fraction of sp³-hybridized carbons (Fsp3) is 0.891. The van der Waals surface area contributed by atoms with Crippen molar-refractivity contribution in [3.8, 4) is 0 Å². The van der Waals surface area contributed by atoms with E-state index < -0.39 is 122 Å². The molecule has 75 heavy (non-hydrogen) atoms. The smallest absolute Gasteiger partial charge is 0.311 e. The molecule has 0 radical (unpaired) electrons. The standard InChI is InChI=1S/C55H103N3O17/c1-7-8-19-43-49(69)33(3)22-23-38(61)17-11-16-37(60)18-12-20-44(66)34(4)26-47(73-54-51(71)50(70)48(31-59)74-54)46(68)30-42(65)29-41(64)28-40(63)27-39(62)15-10-9-14-32(2)25-35(5)52(75-53(43)72)36(6)45(67)21-13-24-58-55(56)57/h25-26,33,35-52,54,59-71H,7-24,27-31H2,1-6H3,(H4,56,57,58)/b32-25+,34-26+/t33?,35?,36?,37?,38?,39?,40?,41?,42?,43?,44?,45?,46?,47?,48-,49?,50-,51-,52?,54+/m1/s1. The highest BCUT2D eigenvalue weighted by Gasteiger charge is 2.45. The zero-order chi connectivity index (χ0) is 56.4. The van der Waals surface area contributed by atoms with Gasteiger partial charge < -0.3 is 92.1 Å². The van der Waals surface area contributed by atoms with E-state index in [0.29, 0.717) is 108 Å². The maximum Gasteiger partial charge on any atom is 0.311 e. The second kappa shape index (κ2) is 36.7. The van der Waals surface area contributed by atoms with Crippen LogP contribution < -0.4 is 11.5 Å². The molecule has 0 saturated carbocycles. The van der Waals surface area contributed by atoms with Crippen LogP contribution in [-0.2, 0) is 19.0 Å². The molecule has 1 fully saturated rings. The number of rotatable bonds is 12. The van der Waals surface area contributed by atoms with E-state index in [1.165, 1.54) is 6.08 Å². The van der Waals surface area contributed by atoms with Crippen LogP contribution in [0.2, 0.25) is 0 Å². The van der Waals surface area contributed by atoms with Crippen LogP contribution in [0.3, 0.4) is 0 Å². The first-order valence-corrected chi connectivity index (χ1v) is 28.1. The second-order valence-electron chi connectivity index (χ2n) is 22.2. The number of nitrogens with two attached hydrogens (primary N) is 2. The zero-order valence-electron chi connectivity index (χ0n) is 46.0. The molecule has 1 saturated heterocycles.